The summed E-state index contributed by atoms with van der Waals surface area (Å²) in [5.41, 5.74) is 1.82. The quantitative estimate of drug-likeness (QED) is 0.717. The van der Waals surface area contributed by atoms with Gasteiger partial charge in [-0.3, -0.25) is 4.98 Å². The van der Waals surface area contributed by atoms with Gasteiger partial charge in [0.1, 0.15) is 6.07 Å². The summed E-state index contributed by atoms with van der Waals surface area (Å²) in [6.07, 6.45) is 3.33. The molecule has 0 amide bonds. The Labute approximate surface area is 90.7 Å². The summed E-state index contributed by atoms with van der Waals surface area (Å²) < 4.78 is 3.72. The van der Waals surface area contributed by atoms with Gasteiger partial charge in [-0.15, -0.1) is 5.10 Å². The van der Waals surface area contributed by atoms with Gasteiger partial charge in [-0.05, 0) is 29.7 Å². The molecule has 0 aliphatic heterocycles. The first-order chi connectivity index (χ1) is 7.40. The van der Waals surface area contributed by atoms with Crippen LogP contribution in [0.1, 0.15) is 11.4 Å². The van der Waals surface area contributed by atoms with Gasteiger partial charge in [-0.2, -0.15) is 5.26 Å². The van der Waals surface area contributed by atoms with Gasteiger partial charge in [0.2, 0.25) is 0 Å². The molecule has 2 rings (SSSR count). The van der Waals surface area contributed by atoms with Gasteiger partial charge in [0, 0.05) is 11.6 Å². The molecule has 0 bridgehead atoms. The number of nitrogens with zero attached hydrogens (tertiary/aromatic N) is 4. The Morgan fingerprint density at radius 1 is 1.47 bits per heavy atom. The molecule has 0 saturated carbocycles. The number of hydrogen-bond donors (Lipinski definition) is 0. The van der Waals surface area contributed by atoms with Crippen molar-refractivity contribution in [3.8, 4) is 6.07 Å². The smallest absolute Gasteiger partial charge is 0.101 e. The molecular weight excluding hydrogens is 208 g/mol. The van der Waals surface area contributed by atoms with Crippen molar-refractivity contribution >= 4 is 23.2 Å². The number of aromatic nitrogens is 3. The molecular formula is C10H6N4S. The Morgan fingerprint density at radius 2 is 2.40 bits per heavy atom. The van der Waals surface area contributed by atoms with Crippen molar-refractivity contribution in [1.29, 1.82) is 5.26 Å². The highest BCUT2D eigenvalue weighted by Gasteiger charge is 2.02. The number of pyridine rings is 1. The van der Waals surface area contributed by atoms with Crippen molar-refractivity contribution in [2.24, 2.45) is 0 Å². The first-order valence-corrected chi connectivity index (χ1v) is 5.04. The SMILES string of the molecule is N#C/C(=C\c1csnn1)c1ccccn1. The number of rotatable bonds is 2. The van der Waals surface area contributed by atoms with Gasteiger partial charge in [0.25, 0.3) is 0 Å². The molecule has 4 nitrogen and oxygen atoms in total. The average molecular weight is 214 g/mol. The lowest BCUT2D eigenvalue weighted by atomic mass is 10.1. The van der Waals surface area contributed by atoms with E-state index in [1.807, 2.05) is 12.1 Å². The average Bonchev–Trinajstić information content (AvgIpc) is 2.80. The molecule has 0 atom stereocenters. The summed E-state index contributed by atoms with van der Waals surface area (Å²) in [5, 5.41) is 14.6. The minimum absolute atomic E-state index is 0.489. The van der Waals surface area contributed by atoms with Crippen LogP contribution in [-0.4, -0.2) is 14.6 Å². The van der Waals surface area contributed by atoms with Crippen molar-refractivity contribution in [1.82, 2.24) is 14.6 Å². The molecule has 72 valence electrons. The molecule has 0 saturated heterocycles. The summed E-state index contributed by atoms with van der Waals surface area (Å²) in [7, 11) is 0. The van der Waals surface area contributed by atoms with Crippen molar-refractivity contribution in [3.63, 3.8) is 0 Å². The molecule has 0 unspecified atom stereocenters. The number of hydrogen-bond acceptors (Lipinski definition) is 5. The van der Waals surface area contributed by atoms with E-state index < -0.39 is 0 Å². The van der Waals surface area contributed by atoms with Crippen LogP contribution in [0.4, 0.5) is 0 Å². The maximum atomic E-state index is 8.98. The molecule has 0 aliphatic carbocycles. The predicted molar refractivity (Wildman–Crippen MR) is 57.6 cm³/mol. The van der Waals surface area contributed by atoms with Gasteiger partial charge in [-0.1, -0.05) is 10.6 Å². The highest BCUT2D eigenvalue weighted by Crippen LogP contribution is 2.14. The Hall–Kier alpha value is -2.06. The molecule has 0 radical (unpaired) electrons. The summed E-state index contributed by atoms with van der Waals surface area (Å²) in [4.78, 5) is 4.09. The van der Waals surface area contributed by atoms with E-state index in [4.69, 9.17) is 5.26 Å². The molecule has 2 aromatic rings. The van der Waals surface area contributed by atoms with Gasteiger partial charge >= 0.3 is 0 Å². The lowest BCUT2D eigenvalue weighted by molar-refractivity contribution is 1.14. The first-order valence-electron chi connectivity index (χ1n) is 4.20. The zero-order valence-electron chi connectivity index (χ0n) is 7.66. The fourth-order valence-electron chi connectivity index (χ4n) is 1.07. The summed E-state index contributed by atoms with van der Waals surface area (Å²) in [6.45, 7) is 0. The first kappa shape index (κ1) is 9.49. The minimum Gasteiger partial charge on any atom is -0.256 e. The van der Waals surface area contributed by atoms with Gasteiger partial charge in [0.15, 0.2) is 0 Å². The zero-order chi connectivity index (χ0) is 10.5. The monoisotopic (exact) mass is 214 g/mol. The Morgan fingerprint density at radius 3 is 3.00 bits per heavy atom. The van der Waals surface area contributed by atoms with E-state index in [1.54, 1.807) is 23.7 Å². The molecule has 5 heteroatoms. The van der Waals surface area contributed by atoms with Crippen LogP contribution in [0, 0.1) is 11.3 Å². The van der Waals surface area contributed by atoms with Crippen LogP contribution in [0.3, 0.4) is 0 Å². The highest BCUT2D eigenvalue weighted by atomic mass is 32.1. The second-order valence-electron chi connectivity index (χ2n) is 2.71. The third-order valence-electron chi connectivity index (χ3n) is 1.73. The van der Waals surface area contributed by atoms with E-state index in [2.05, 4.69) is 20.6 Å². The normalized spacial score (nSPS) is 11.0. The maximum Gasteiger partial charge on any atom is 0.101 e. The number of nitriles is 1. The van der Waals surface area contributed by atoms with Gasteiger partial charge in [-0.25, -0.2) is 0 Å². The summed E-state index contributed by atoms with van der Waals surface area (Å²) in [6, 6.07) is 7.53. The van der Waals surface area contributed by atoms with Crippen LogP contribution in [0.15, 0.2) is 29.8 Å². The topological polar surface area (TPSA) is 62.5 Å². The third-order valence-corrected chi connectivity index (χ3v) is 2.25. The molecule has 0 N–H and O–H groups in total. The van der Waals surface area contributed by atoms with E-state index >= 15 is 0 Å². The minimum atomic E-state index is 0.489. The summed E-state index contributed by atoms with van der Waals surface area (Å²) in [5.74, 6) is 0. The fourth-order valence-corrected chi connectivity index (χ4v) is 1.48. The fraction of sp³-hybridized carbons (Fsp3) is 0. The van der Waals surface area contributed by atoms with Crippen molar-refractivity contribution in [2.45, 2.75) is 0 Å². The van der Waals surface area contributed by atoms with Crippen LogP contribution in [0.25, 0.3) is 11.6 Å². The van der Waals surface area contributed by atoms with Crippen LogP contribution < -0.4 is 0 Å². The summed E-state index contributed by atoms with van der Waals surface area (Å²) >= 11 is 1.25. The van der Waals surface area contributed by atoms with Gasteiger partial charge in [0.05, 0.1) is 17.0 Å². The standard InChI is InChI=1S/C10H6N4S/c11-6-8(5-9-7-15-14-13-9)10-3-1-2-4-12-10/h1-5,7H/b8-5+. The van der Waals surface area contributed by atoms with Crippen molar-refractivity contribution in [3.05, 3.63) is 41.2 Å². The van der Waals surface area contributed by atoms with Crippen LogP contribution in [0.5, 0.6) is 0 Å². The Balaban J connectivity index is 2.38. The third kappa shape index (κ3) is 2.24. The van der Waals surface area contributed by atoms with E-state index in [-0.39, 0.29) is 0 Å². The molecule has 0 aromatic carbocycles. The predicted octanol–water partition coefficient (Wildman–Crippen LogP) is 2.00. The van der Waals surface area contributed by atoms with Crippen LogP contribution >= 0.6 is 11.5 Å². The highest BCUT2D eigenvalue weighted by molar-refractivity contribution is 7.03. The Kier molecular flexibility index (Phi) is 2.81. The molecule has 15 heavy (non-hydrogen) atoms. The van der Waals surface area contributed by atoms with Crippen molar-refractivity contribution in [2.75, 3.05) is 0 Å². The lowest BCUT2D eigenvalue weighted by Gasteiger charge is -1.94. The van der Waals surface area contributed by atoms with E-state index in [0.717, 1.165) is 0 Å². The second-order valence-corrected chi connectivity index (χ2v) is 3.32. The lowest BCUT2D eigenvalue weighted by Crippen LogP contribution is -1.85. The Bertz CT molecular complexity index is 496. The van der Waals surface area contributed by atoms with Crippen LogP contribution in [-0.2, 0) is 0 Å². The largest absolute Gasteiger partial charge is 0.256 e. The molecule has 0 aliphatic rings. The van der Waals surface area contributed by atoms with E-state index in [9.17, 15) is 0 Å². The second kappa shape index (κ2) is 4.44. The molecule has 2 heterocycles. The van der Waals surface area contributed by atoms with E-state index in [0.29, 0.717) is 17.0 Å². The van der Waals surface area contributed by atoms with E-state index in [1.165, 1.54) is 11.5 Å². The maximum absolute atomic E-state index is 8.98. The number of allylic oxidation sites excluding steroid dienone is 1. The van der Waals surface area contributed by atoms with Gasteiger partial charge < -0.3 is 0 Å². The molecule has 0 fully saturated rings. The zero-order valence-corrected chi connectivity index (χ0v) is 8.48. The van der Waals surface area contributed by atoms with Crippen LogP contribution in [0.2, 0.25) is 0 Å². The van der Waals surface area contributed by atoms with Crippen molar-refractivity contribution < 1.29 is 0 Å². The molecule has 0 spiro atoms. The molecule has 2 aromatic heterocycles.